The van der Waals surface area contributed by atoms with Crippen LogP contribution in [0.5, 0.6) is 0 Å². The lowest BCUT2D eigenvalue weighted by Gasteiger charge is -2.18. The van der Waals surface area contributed by atoms with E-state index in [-0.39, 0.29) is 23.4 Å². The fourth-order valence-corrected chi connectivity index (χ4v) is 3.23. The van der Waals surface area contributed by atoms with Crippen molar-refractivity contribution in [2.45, 2.75) is 44.2 Å². The molecule has 0 aliphatic rings. The smallest absolute Gasteiger partial charge is 0.242 e. The Hall–Kier alpha value is -1.60. The molecule has 0 fully saturated rings. The monoisotopic (exact) mass is 299 g/mol. The topological polar surface area (TPSA) is 101 Å². The minimum atomic E-state index is -3.59. The summed E-state index contributed by atoms with van der Waals surface area (Å²) in [6.45, 7) is 5.27. The summed E-state index contributed by atoms with van der Waals surface area (Å²) >= 11 is 0. The largest absolute Gasteiger partial charge is 0.381 e. The molecule has 0 aliphatic heterocycles. The Morgan fingerprint density at radius 1 is 1.25 bits per heavy atom. The van der Waals surface area contributed by atoms with E-state index in [1.54, 1.807) is 39.0 Å². The summed E-state index contributed by atoms with van der Waals surface area (Å²) in [6.07, 6.45) is 0.131. The molecule has 0 saturated carbocycles. The number of amides is 1. The highest BCUT2D eigenvalue weighted by Crippen LogP contribution is 2.22. The highest BCUT2D eigenvalue weighted by Gasteiger charge is 2.20. The zero-order valence-corrected chi connectivity index (χ0v) is 12.7. The zero-order valence-electron chi connectivity index (χ0n) is 11.9. The van der Waals surface area contributed by atoms with Crippen molar-refractivity contribution in [3.8, 4) is 0 Å². The predicted octanol–water partition coefficient (Wildman–Crippen LogP) is 1.05. The molecule has 1 atom stereocenters. The summed E-state index contributed by atoms with van der Waals surface area (Å²) in [5.41, 5.74) is 5.58. The average Bonchev–Trinajstić information content (AvgIpc) is 2.26. The molecular weight excluding hydrogens is 278 g/mol. The molecule has 0 heterocycles. The number of rotatable bonds is 7. The molecule has 0 aromatic heterocycles. The summed E-state index contributed by atoms with van der Waals surface area (Å²) in [5, 5.41) is 3.00. The molecule has 0 radical (unpaired) electrons. The third-order valence-corrected chi connectivity index (χ3v) is 4.19. The van der Waals surface area contributed by atoms with E-state index in [4.69, 9.17) is 5.73 Å². The van der Waals surface area contributed by atoms with Gasteiger partial charge in [-0.05, 0) is 32.9 Å². The second-order valence-corrected chi connectivity index (χ2v) is 6.67. The fourth-order valence-electron chi connectivity index (χ4n) is 1.81. The summed E-state index contributed by atoms with van der Waals surface area (Å²) < 4.78 is 27.0. The van der Waals surface area contributed by atoms with Gasteiger partial charge in [-0.15, -0.1) is 0 Å². The number of nitrogens with two attached hydrogens (primary N) is 1. The van der Waals surface area contributed by atoms with Crippen molar-refractivity contribution in [1.82, 2.24) is 4.72 Å². The Balaban J connectivity index is 3.02. The molecule has 7 heteroatoms. The van der Waals surface area contributed by atoms with Gasteiger partial charge in [0.25, 0.3) is 0 Å². The molecule has 6 nitrogen and oxygen atoms in total. The molecule has 1 amide bonds. The Morgan fingerprint density at radius 3 is 2.40 bits per heavy atom. The molecule has 112 valence electrons. The van der Waals surface area contributed by atoms with Crippen LogP contribution < -0.4 is 15.8 Å². The van der Waals surface area contributed by atoms with Crippen LogP contribution in [0.1, 0.15) is 27.2 Å². The first-order valence-electron chi connectivity index (χ1n) is 6.38. The van der Waals surface area contributed by atoms with Gasteiger partial charge in [-0.2, -0.15) is 0 Å². The van der Waals surface area contributed by atoms with E-state index in [9.17, 15) is 13.2 Å². The number of para-hydroxylation sites is 1. The maximum atomic E-state index is 12.2. The number of primary amides is 1. The van der Waals surface area contributed by atoms with Gasteiger partial charge in [-0.1, -0.05) is 12.1 Å². The molecule has 1 aromatic rings. The third kappa shape index (κ3) is 4.82. The van der Waals surface area contributed by atoms with Gasteiger partial charge in [0.05, 0.1) is 5.69 Å². The zero-order chi connectivity index (χ0) is 15.3. The first-order chi connectivity index (χ1) is 9.22. The number of hydrogen-bond acceptors (Lipinski definition) is 4. The number of carbonyl (C=O) groups excluding carboxylic acids is 1. The van der Waals surface area contributed by atoms with E-state index in [1.165, 1.54) is 6.07 Å². The maximum absolute atomic E-state index is 12.2. The van der Waals surface area contributed by atoms with E-state index in [0.717, 1.165) is 0 Å². The third-order valence-electron chi connectivity index (χ3n) is 2.48. The van der Waals surface area contributed by atoms with E-state index in [2.05, 4.69) is 10.0 Å². The molecule has 20 heavy (non-hydrogen) atoms. The maximum Gasteiger partial charge on any atom is 0.242 e. The predicted molar refractivity (Wildman–Crippen MR) is 78.8 cm³/mol. The standard InChI is InChI=1S/C13H21N3O3S/c1-9(2)16-20(18,19)12-7-5-4-6-11(12)15-10(3)8-13(14)17/h4-7,9-10,15-16H,8H2,1-3H3,(H2,14,17). The van der Waals surface area contributed by atoms with Crippen molar-refractivity contribution >= 4 is 21.6 Å². The minimum absolute atomic E-state index is 0.131. The second kappa shape index (κ2) is 6.71. The number of carbonyl (C=O) groups is 1. The minimum Gasteiger partial charge on any atom is -0.381 e. The van der Waals surface area contributed by atoms with Crippen LogP contribution in [0.3, 0.4) is 0 Å². The lowest BCUT2D eigenvalue weighted by molar-refractivity contribution is -0.118. The van der Waals surface area contributed by atoms with Crippen molar-refractivity contribution in [1.29, 1.82) is 0 Å². The quantitative estimate of drug-likeness (QED) is 0.700. The Labute approximate surface area is 119 Å². The molecule has 0 bridgehead atoms. The summed E-state index contributed by atoms with van der Waals surface area (Å²) in [7, 11) is -3.59. The van der Waals surface area contributed by atoms with Crippen LogP contribution in [0, 0.1) is 0 Å². The second-order valence-electron chi connectivity index (χ2n) is 4.99. The highest BCUT2D eigenvalue weighted by atomic mass is 32.2. The van der Waals surface area contributed by atoms with Crippen molar-refractivity contribution in [2.75, 3.05) is 5.32 Å². The van der Waals surface area contributed by atoms with Crippen molar-refractivity contribution in [3.63, 3.8) is 0 Å². The van der Waals surface area contributed by atoms with Gasteiger partial charge < -0.3 is 11.1 Å². The van der Waals surface area contributed by atoms with Gasteiger partial charge in [-0.3, -0.25) is 4.79 Å². The highest BCUT2D eigenvalue weighted by molar-refractivity contribution is 7.89. The van der Waals surface area contributed by atoms with Crippen LogP contribution in [-0.2, 0) is 14.8 Å². The van der Waals surface area contributed by atoms with E-state index in [0.29, 0.717) is 5.69 Å². The first kappa shape index (κ1) is 16.5. The Morgan fingerprint density at radius 2 is 1.85 bits per heavy atom. The van der Waals surface area contributed by atoms with E-state index < -0.39 is 15.9 Å². The molecule has 0 aliphatic carbocycles. The summed E-state index contributed by atoms with van der Waals surface area (Å²) in [4.78, 5) is 11.0. The van der Waals surface area contributed by atoms with Gasteiger partial charge in [0, 0.05) is 18.5 Å². The van der Waals surface area contributed by atoms with Gasteiger partial charge >= 0.3 is 0 Å². The molecule has 4 N–H and O–H groups in total. The SMILES string of the molecule is CC(C)NS(=O)(=O)c1ccccc1NC(C)CC(N)=O. The normalized spacial score (nSPS) is 13.2. The number of hydrogen-bond donors (Lipinski definition) is 3. The Bertz CT molecular complexity index is 570. The van der Waals surface area contributed by atoms with Gasteiger partial charge in [0.1, 0.15) is 4.90 Å². The van der Waals surface area contributed by atoms with Crippen LogP contribution in [0.4, 0.5) is 5.69 Å². The van der Waals surface area contributed by atoms with Crippen molar-refractivity contribution in [3.05, 3.63) is 24.3 Å². The number of nitrogens with one attached hydrogen (secondary N) is 2. The van der Waals surface area contributed by atoms with Crippen LogP contribution >= 0.6 is 0 Å². The number of anilines is 1. The molecule has 0 spiro atoms. The van der Waals surface area contributed by atoms with E-state index >= 15 is 0 Å². The lowest BCUT2D eigenvalue weighted by atomic mass is 10.2. The van der Waals surface area contributed by atoms with E-state index in [1.807, 2.05) is 0 Å². The van der Waals surface area contributed by atoms with Crippen LogP contribution in [0.15, 0.2) is 29.2 Å². The molecule has 1 aromatic carbocycles. The van der Waals surface area contributed by atoms with Gasteiger partial charge in [0.15, 0.2) is 0 Å². The van der Waals surface area contributed by atoms with Crippen molar-refractivity contribution in [2.24, 2.45) is 5.73 Å². The number of sulfonamides is 1. The average molecular weight is 299 g/mol. The van der Waals surface area contributed by atoms with Crippen LogP contribution in [0.2, 0.25) is 0 Å². The van der Waals surface area contributed by atoms with Crippen LogP contribution in [-0.4, -0.2) is 26.4 Å². The number of benzene rings is 1. The molecular formula is C13H21N3O3S. The fraction of sp³-hybridized carbons (Fsp3) is 0.462. The van der Waals surface area contributed by atoms with Gasteiger partial charge in [0.2, 0.25) is 15.9 Å². The summed E-state index contributed by atoms with van der Waals surface area (Å²) in [5.74, 6) is -0.439. The molecule has 1 unspecified atom stereocenters. The van der Waals surface area contributed by atoms with Crippen LogP contribution in [0.25, 0.3) is 0 Å². The molecule has 0 saturated heterocycles. The molecule has 1 rings (SSSR count). The Kier molecular flexibility index (Phi) is 5.52. The first-order valence-corrected chi connectivity index (χ1v) is 7.87. The lowest BCUT2D eigenvalue weighted by Crippen LogP contribution is -2.31. The van der Waals surface area contributed by atoms with Gasteiger partial charge in [-0.25, -0.2) is 13.1 Å². The van der Waals surface area contributed by atoms with Crippen molar-refractivity contribution < 1.29 is 13.2 Å². The summed E-state index contributed by atoms with van der Waals surface area (Å²) in [6, 6.07) is 6.11.